The minimum atomic E-state index is -4.80. The van der Waals surface area contributed by atoms with Crippen LogP contribution in [0.15, 0.2) is 10.5 Å². The Kier molecular flexibility index (Phi) is 10.7. The van der Waals surface area contributed by atoms with E-state index < -0.39 is 46.7 Å². The number of piperidine rings is 1. The van der Waals surface area contributed by atoms with Gasteiger partial charge in [0.15, 0.2) is 0 Å². The van der Waals surface area contributed by atoms with Gasteiger partial charge < -0.3 is 19.5 Å². The molecule has 0 bridgehead atoms. The zero-order valence-electron chi connectivity index (χ0n) is 25.0. The summed E-state index contributed by atoms with van der Waals surface area (Å²) in [4.78, 5) is 54.0. The van der Waals surface area contributed by atoms with Crippen LogP contribution >= 0.6 is 0 Å². The molecule has 10 nitrogen and oxygen atoms in total. The molecule has 13 heteroatoms. The van der Waals surface area contributed by atoms with Crippen molar-refractivity contribution in [3.63, 3.8) is 0 Å². The number of nitrogens with zero attached hydrogens (tertiary/aromatic N) is 3. The largest absolute Gasteiger partial charge is 0.456 e. The third kappa shape index (κ3) is 8.26. The van der Waals surface area contributed by atoms with Gasteiger partial charge >= 0.3 is 6.18 Å². The van der Waals surface area contributed by atoms with Gasteiger partial charge in [-0.1, -0.05) is 46.5 Å². The van der Waals surface area contributed by atoms with Crippen molar-refractivity contribution in [2.24, 2.45) is 17.3 Å². The summed E-state index contributed by atoms with van der Waals surface area (Å²) in [5, 5.41) is 13.2. The summed E-state index contributed by atoms with van der Waals surface area (Å²) < 4.78 is 44.9. The normalized spacial score (nSPS) is 18.5. The molecular formula is C29H43F3N4O6. The highest BCUT2D eigenvalue weighted by Crippen LogP contribution is 2.35. The summed E-state index contributed by atoms with van der Waals surface area (Å²) >= 11 is 0. The van der Waals surface area contributed by atoms with Gasteiger partial charge in [0.1, 0.15) is 11.8 Å². The van der Waals surface area contributed by atoms with E-state index in [0.717, 1.165) is 31.7 Å². The number of amides is 4. The maximum absolute atomic E-state index is 13.7. The molecular weight excluding hydrogens is 557 g/mol. The summed E-state index contributed by atoms with van der Waals surface area (Å²) in [6.07, 6.45) is 0.729. The van der Waals surface area contributed by atoms with E-state index in [1.165, 1.54) is 16.7 Å². The number of carbonyl (C=O) groups is 4. The lowest BCUT2D eigenvalue weighted by Crippen LogP contribution is -2.58. The Morgan fingerprint density at radius 1 is 1.14 bits per heavy atom. The summed E-state index contributed by atoms with van der Waals surface area (Å²) in [6, 6.07) is -0.115. The Morgan fingerprint density at radius 3 is 2.26 bits per heavy atom. The van der Waals surface area contributed by atoms with E-state index in [-0.39, 0.29) is 43.8 Å². The lowest BCUT2D eigenvalue weighted by molar-refractivity contribution is -0.156. The minimum Gasteiger partial charge on any atom is -0.456 e. The predicted octanol–water partition coefficient (Wildman–Crippen LogP) is 4.24. The number of furan rings is 1. The first-order valence-electron chi connectivity index (χ1n) is 14.5. The average molecular weight is 601 g/mol. The number of hydroxylamine groups is 2. The number of aryl methyl sites for hydroxylation is 1. The zero-order valence-corrected chi connectivity index (χ0v) is 25.0. The Balaban J connectivity index is 1.67. The fourth-order valence-electron chi connectivity index (χ4n) is 5.98. The van der Waals surface area contributed by atoms with Crippen LogP contribution in [0.4, 0.5) is 13.2 Å². The molecule has 0 spiro atoms. The first-order chi connectivity index (χ1) is 19.5. The molecule has 0 unspecified atom stereocenters. The SMILES string of the molecule is Cc1cc(C(=O)N2CCC(N(C)C(=O)[C@@H](NC(=O)[C@H](CC3CCCC3)CN(O)C=O)C(C)(C)C)CC2)c(C(F)(F)F)o1. The summed E-state index contributed by atoms with van der Waals surface area (Å²) in [7, 11) is 1.62. The van der Waals surface area contributed by atoms with Crippen molar-refractivity contribution in [1.82, 2.24) is 20.2 Å². The van der Waals surface area contributed by atoms with Gasteiger partial charge in [0.05, 0.1) is 18.0 Å². The minimum absolute atomic E-state index is 0.00972. The van der Waals surface area contributed by atoms with E-state index >= 15 is 0 Å². The number of carbonyl (C=O) groups excluding carboxylic acids is 4. The van der Waals surface area contributed by atoms with Gasteiger partial charge in [0.2, 0.25) is 24.0 Å². The molecule has 2 atom stereocenters. The van der Waals surface area contributed by atoms with Crippen LogP contribution < -0.4 is 5.32 Å². The van der Waals surface area contributed by atoms with Gasteiger partial charge in [-0.25, -0.2) is 5.06 Å². The molecule has 236 valence electrons. The number of nitrogens with one attached hydrogen (secondary N) is 1. The van der Waals surface area contributed by atoms with Crippen molar-refractivity contribution in [3.8, 4) is 0 Å². The number of alkyl halides is 3. The lowest BCUT2D eigenvalue weighted by Gasteiger charge is -2.40. The van der Waals surface area contributed by atoms with Crippen LogP contribution in [0.1, 0.15) is 87.6 Å². The first-order valence-corrected chi connectivity index (χ1v) is 14.5. The highest BCUT2D eigenvalue weighted by Gasteiger charge is 2.42. The second kappa shape index (κ2) is 13.5. The predicted molar refractivity (Wildman–Crippen MR) is 146 cm³/mol. The Morgan fingerprint density at radius 2 is 1.74 bits per heavy atom. The second-order valence-corrected chi connectivity index (χ2v) is 12.7. The highest BCUT2D eigenvalue weighted by atomic mass is 19.4. The number of likely N-dealkylation sites (N-methyl/N-ethyl adjacent to an activating group) is 1. The van der Waals surface area contributed by atoms with Crippen molar-refractivity contribution in [2.75, 3.05) is 26.7 Å². The molecule has 1 saturated heterocycles. The van der Waals surface area contributed by atoms with E-state index in [9.17, 15) is 37.6 Å². The van der Waals surface area contributed by atoms with Crippen LogP contribution in [0.2, 0.25) is 0 Å². The summed E-state index contributed by atoms with van der Waals surface area (Å²) in [6.45, 7) is 6.95. The van der Waals surface area contributed by atoms with Crippen molar-refractivity contribution < 1.29 is 42.0 Å². The third-order valence-electron chi connectivity index (χ3n) is 8.38. The summed E-state index contributed by atoms with van der Waals surface area (Å²) in [5.41, 5.74) is -1.20. The number of rotatable bonds is 10. The molecule has 2 heterocycles. The number of hydrogen-bond donors (Lipinski definition) is 2. The van der Waals surface area contributed by atoms with E-state index in [2.05, 4.69) is 5.32 Å². The quantitative estimate of drug-likeness (QED) is 0.235. The number of halogens is 3. The first kappa shape index (κ1) is 33.4. The molecule has 3 rings (SSSR count). The fraction of sp³-hybridized carbons (Fsp3) is 0.724. The second-order valence-electron chi connectivity index (χ2n) is 12.7. The molecule has 42 heavy (non-hydrogen) atoms. The zero-order chi connectivity index (χ0) is 31.4. The molecule has 1 aliphatic heterocycles. The van der Waals surface area contributed by atoms with Gasteiger partial charge in [-0.3, -0.25) is 24.4 Å². The maximum Gasteiger partial charge on any atom is 0.450 e. The topological polar surface area (TPSA) is 123 Å². The number of hydrogen-bond acceptors (Lipinski definition) is 6. The monoisotopic (exact) mass is 600 g/mol. The van der Waals surface area contributed by atoms with E-state index in [1.54, 1.807) is 7.05 Å². The van der Waals surface area contributed by atoms with Crippen LogP contribution in [-0.2, 0) is 20.6 Å². The van der Waals surface area contributed by atoms with Gasteiger partial charge in [0, 0.05) is 26.2 Å². The maximum atomic E-state index is 13.7. The van der Waals surface area contributed by atoms with Crippen LogP contribution in [0.3, 0.4) is 0 Å². The van der Waals surface area contributed by atoms with E-state index in [4.69, 9.17) is 4.42 Å². The van der Waals surface area contributed by atoms with Crippen molar-refractivity contribution >= 4 is 24.1 Å². The van der Waals surface area contributed by atoms with Crippen molar-refractivity contribution in [1.29, 1.82) is 0 Å². The number of likely N-dealkylation sites (tertiary alicyclic amines) is 1. The molecule has 2 N–H and O–H groups in total. The standard InChI is InChI=1S/C29H43F3N4O6/c1-18-14-22(24(42-18)29(30,31)32)26(39)35-12-10-21(11-13-35)34(5)27(40)23(28(2,3)4)33-25(38)20(16-36(41)17-37)15-19-8-6-7-9-19/h14,17,19-21,23,41H,6-13,15-16H2,1-5H3,(H,33,38)/t20-,23-/m1/s1. The molecule has 4 amide bonds. The Hall–Kier alpha value is -3.09. The van der Waals surface area contributed by atoms with Gasteiger partial charge in [-0.15, -0.1) is 0 Å². The van der Waals surface area contributed by atoms with Crippen molar-refractivity contribution in [3.05, 3.63) is 23.2 Å². The van der Waals surface area contributed by atoms with Crippen LogP contribution in [0.25, 0.3) is 0 Å². The molecule has 1 aromatic heterocycles. The van der Waals surface area contributed by atoms with E-state index in [0.29, 0.717) is 30.2 Å². The summed E-state index contributed by atoms with van der Waals surface area (Å²) in [5.74, 6) is -3.22. The average Bonchev–Trinajstić information content (AvgIpc) is 3.58. The third-order valence-corrected chi connectivity index (χ3v) is 8.38. The fourth-order valence-corrected chi connectivity index (χ4v) is 5.98. The van der Waals surface area contributed by atoms with Crippen LogP contribution in [0, 0.1) is 24.2 Å². The van der Waals surface area contributed by atoms with E-state index in [1.807, 2.05) is 20.8 Å². The van der Waals surface area contributed by atoms with Gasteiger partial charge in [0.25, 0.3) is 5.91 Å². The van der Waals surface area contributed by atoms with Crippen LogP contribution in [0.5, 0.6) is 0 Å². The highest BCUT2D eigenvalue weighted by molar-refractivity contribution is 5.95. The van der Waals surface area contributed by atoms with Gasteiger partial charge in [-0.2, -0.15) is 13.2 Å². The Bertz CT molecular complexity index is 1120. The molecule has 0 radical (unpaired) electrons. The molecule has 2 aliphatic rings. The molecule has 1 saturated carbocycles. The molecule has 1 aromatic rings. The Labute approximate surface area is 244 Å². The lowest BCUT2D eigenvalue weighted by atomic mass is 9.84. The van der Waals surface area contributed by atoms with Crippen molar-refractivity contribution in [2.45, 2.75) is 90.9 Å². The van der Waals surface area contributed by atoms with Crippen LogP contribution in [-0.4, -0.2) is 83.0 Å². The molecule has 0 aromatic carbocycles. The van der Waals surface area contributed by atoms with Gasteiger partial charge in [-0.05, 0) is 43.6 Å². The molecule has 2 fully saturated rings. The molecule has 1 aliphatic carbocycles. The smallest absolute Gasteiger partial charge is 0.450 e.